The van der Waals surface area contributed by atoms with E-state index in [-0.39, 0.29) is 47.3 Å². The van der Waals surface area contributed by atoms with Gasteiger partial charge in [-0.1, -0.05) is 12.1 Å². The number of ether oxygens (including phenoxy) is 3. The van der Waals surface area contributed by atoms with Crippen LogP contribution in [0.2, 0.25) is 0 Å². The number of thiazole rings is 1. The predicted octanol–water partition coefficient (Wildman–Crippen LogP) is 4.13. The first kappa shape index (κ1) is 27.7. The number of fused-ring (bicyclic) bond motifs is 1. The van der Waals surface area contributed by atoms with E-state index in [0.29, 0.717) is 35.1 Å². The Bertz CT molecular complexity index is 1860. The largest absolute Gasteiger partial charge is 0.454 e. The minimum absolute atomic E-state index is 0.0562. The lowest BCUT2D eigenvalue weighted by molar-refractivity contribution is -0.385. The van der Waals surface area contributed by atoms with Crippen LogP contribution in [0.5, 0.6) is 11.5 Å². The van der Waals surface area contributed by atoms with Crippen molar-refractivity contribution >= 4 is 38.9 Å². The van der Waals surface area contributed by atoms with E-state index in [1.54, 1.807) is 35.7 Å². The van der Waals surface area contributed by atoms with Crippen molar-refractivity contribution in [3.63, 3.8) is 0 Å². The zero-order chi connectivity index (χ0) is 29.3. The average Bonchev–Trinajstić information content (AvgIpc) is 3.63. The highest BCUT2D eigenvalue weighted by Gasteiger charge is 2.26. The first-order valence-electron chi connectivity index (χ1n) is 12.6. The molecule has 4 aromatic rings. The topological polar surface area (TPSA) is 138 Å². The molecule has 2 aliphatic heterocycles. The highest BCUT2D eigenvalue weighted by Crippen LogP contribution is 2.37. The molecule has 1 fully saturated rings. The number of halogens is 1. The fourth-order valence-corrected chi connectivity index (χ4v) is 6.67. The van der Waals surface area contributed by atoms with E-state index in [0.717, 1.165) is 0 Å². The van der Waals surface area contributed by atoms with Crippen molar-refractivity contribution in [2.75, 3.05) is 33.1 Å². The molecule has 0 saturated carbocycles. The van der Waals surface area contributed by atoms with Gasteiger partial charge in [0.15, 0.2) is 11.5 Å². The second-order valence-electron chi connectivity index (χ2n) is 9.08. The van der Waals surface area contributed by atoms with Crippen LogP contribution in [0.4, 0.5) is 15.8 Å². The van der Waals surface area contributed by atoms with E-state index in [9.17, 15) is 22.9 Å². The van der Waals surface area contributed by atoms with E-state index >= 15 is 0 Å². The molecule has 3 aromatic carbocycles. The molecule has 0 atom stereocenters. The van der Waals surface area contributed by atoms with Crippen LogP contribution in [-0.4, -0.2) is 61.6 Å². The molecule has 0 unspecified atom stereocenters. The van der Waals surface area contributed by atoms with Crippen LogP contribution in [-0.2, 0) is 14.8 Å². The van der Waals surface area contributed by atoms with Gasteiger partial charge in [-0.05, 0) is 42.5 Å². The molecule has 216 valence electrons. The first-order chi connectivity index (χ1) is 20.3. The molecule has 2 aliphatic rings. The Balaban J connectivity index is 1.41. The second kappa shape index (κ2) is 11.4. The van der Waals surface area contributed by atoms with Gasteiger partial charge in [0, 0.05) is 24.0 Å². The highest BCUT2D eigenvalue weighted by atomic mass is 32.2. The molecular weight excluding hydrogens is 589 g/mol. The summed E-state index contributed by atoms with van der Waals surface area (Å²) in [6.45, 7) is 1.18. The van der Waals surface area contributed by atoms with Gasteiger partial charge in [-0.25, -0.2) is 22.5 Å². The number of nitro groups is 1. The van der Waals surface area contributed by atoms with E-state index < -0.39 is 20.8 Å². The summed E-state index contributed by atoms with van der Waals surface area (Å²) in [7, 11) is -3.68. The second-order valence-corrected chi connectivity index (χ2v) is 11.9. The lowest BCUT2D eigenvalue weighted by atomic mass is 10.1. The van der Waals surface area contributed by atoms with Gasteiger partial charge >= 0.3 is 0 Å². The van der Waals surface area contributed by atoms with E-state index in [4.69, 9.17) is 14.2 Å². The van der Waals surface area contributed by atoms with Crippen LogP contribution in [0.1, 0.15) is 5.56 Å². The lowest BCUT2D eigenvalue weighted by Gasteiger charge is -2.26. The van der Waals surface area contributed by atoms with Crippen molar-refractivity contribution in [2.24, 2.45) is 10.1 Å². The van der Waals surface area contributed by atoms with Gasteiger partial charge in [0.1, 0.15) is 5.82 Å². The number of nitro benzene ring substituents is 1. The van der Waals surface area contributed by atoms with Gasteiger partial charge < -0.3 is 14.2 Å². The Morgan fingerprint density at radius 2 is 1.74 bits per heavy atom. The Morgan fingerprint density at radius 3 is 2.45 bits per heavy atom. The SMILES string of the molecule is O=[N+]([O-])c1cc2c(cc1C=Nn1c(-c3ccccc3F)csc1=Nc1ccc(S(=O)(=O)N3CCOCC3)cc1)OCO2. The number of morpholine rings is 1. The molecule has 0 radical (unpaired) electrons. The van der Waals surface area contributed by atoms with Crippen molar-refractivity contribution in [1.29, 1.82) is 0 Å². The number of sulfonamides is 1. The molecule has 15 heteroatoms. The smallest absolute Gasteiger partial charge is 0.282 e. The molecule has 0 spiro atoms. The van der Waals surface area contributed by atoms with Gasteiger partial charge in [-0.2, -0.15) is 9.41 Å². The number of hydrogen-bond acceptors (Lipinski definition) is 10. The minimum Gasteiger partial charge on any atom is -0.454 e. The summed E-state index contributed by atoms with van der Waals surface area (Å²) in [5, 5.41) is 17.9. The zero-order valence-electron chi connectivity index (χ0n) is 21.8. The van der Waals surface area contributed by atoms with E-state index in [1.165, 1.54) is 56.9 Å². The van der Waals surface area contributed by atoms with Crippen LogP contribution in [0, 0.1) is 15.9 Å². The maximum Gasteiger partial charge on any atom is 0.282 e. The van der Waals surface area contributed by atoms with Gasteiger partial charge in [-0.3, -0.25) is 10.1 Å². The summed E-state index contributed by atoms with van der Waals surface area (Å²) < 4.78 is 59.4. The van der Waals surface area contributed by atoms with Gasteiger partial charge in [0.2, 0.25) is 21.6 Å². The van der Waals surface area contributed by atoms with Gasteiger partial charge in [0.25, 0.3) is 5.69 Å². The number of rotatable bonds is 7. The third-order valence-corrected chi connectivity index (χ3v) is 9.26. The summed E-state index contributed by atoms with van der Waals surface area (Å²) in [5.41, 5.74) is 0.936. The summed E-state index contributed by atoms with van der Waals surface area (Å²) in [6.07, 6.45) is 1.27. The highest BCUT2D eigenvalue weighted by molar-refractivity contribution is 7.89. The van der Waals surface area contributed by atoms with Crippen molar-refractivity contribution in [2.45, 2.75) is 4.90 Å². The quantitative estimate of drug-likeness (QED) is 0.174. The van der Waals surface area contributed by atoms with Crippen LogP contribution in [0.15, 0.2) is 81.0 Å². The number of hydrogen-bond donors (Lipinski definition) is 0. The van der Waals surface area contributed by atoms with Crippen molar-refractivity contribution < 1.29 is 31.9 Å². The van der Waals surface area contributed by atoms with Crippen molar-refractivity contribution in [3.05, 3.63) is 92.3 Å². The molecule has 0 N–H and O–H groups in total. The predicted molar refractivity (Wildman–Crippen MR) is 151 cm³/mol. The van der Waals surface area contributed by atoms with Crippen LogP contribution < -0.4 is 14.3 Å². The normalized spacial score (nSPS) is 15.9. The van der Waals surface area contributed by atoms with Crippen LogP contribution in [0.3, 0.4) is 0 Å². The lowest BCUT2D eigenvalue weighted by Crippen LogP contribution is -2.40. The zero-order valence-corrected chi connectivity index (χ0v) is 23.4. The van der Waals surface area contributed by atoms with Crippen LogP contribution >= 0.6 is 11.3 Å². The summed E-state index contributed by atoms with van der Waals surface area (Å²) >= 11 is 1.17. The Kier molecular flexibility index (Phi) is 7.55. The monoisotopic (exact) mass is 611 g/mol. The molecule has 0 amide bonds. The molecule has 3 heterocycles. The maximum atomic E-state index is 14.8. The third kappa shape index (κ3) is 5.42. The fraction of sp³-hybridized carbons (Fsp3) is 0.185. The molecule has 1 aromatic heterocycles. The molecule has 0 aliphatic carbocycles. The van der Waals surface area contributed by atoms with Crippen molar-refractivity contribution in [1.82, 2.24) is 8.98 Å². The summed E-state index contributed by atoms with van der Waals surface area (Å²) in [5.74, 6) is 0.102. The molecular formula is C27H22FN5O7S2. The molecule has 6 rings (SSSR count). The molecule has 12 nitrogen and oxygen atoms in total. The standard InChI is InChI=1S/C27H22FN5O7S2/c28-22-4-2-1-3-21(22)24-16-41-27(30-19-5-7-20(8-6-19)42(36,37)31-9-11-38-12-10-31)32(24)29-15-18-13-25-26(40-17-39-25)14-23(18)33(34)35/h1-8,13-16H,9-12,17H2. The molecule has 0 bridgehead atoms. The Labute approximate surface area is 242 Å². The average molecular weight is 612 g/mol. The van der Waals surface area contributed by atoms with Crippen LogP contribution in [0.25, 0.3) is 11.3 Å². The van der Waals surface area contributed by atoms with Gasteiger partial charge in [0.05, 0.1) is 52.3 Å². The Hall–Kier alpha value is -4.44. The molecule has 1 saturated heterocycles. The Morgan fingerprint density at radius 1 is 1.02 bits per heavy atom. The third-order valence-electron chi connectivity index (χ3n) is 6.54. The molecule has 42 heavy (non-hydrogen) atoms. The van der Waals surface area contributed by atoms with E-state index in [1.807, 2.05) is 0 Å². The maximum absolute atomic E-state index is 14.8. The van der Waals surface area contributed by atoms with E-state index in [2.05, 4.69) is 10.1 Å². The number of nitrogens with zero attached hydrogens (tertiary/aromatic N) is 5. The number of benzene rings is 3. The number of aromatic nitrogens is 1. The summed E-state index contributed by atoms with van der Waals surface area (Å²) in [6, 6.07) is 14.9. The fourth-order valence-electron chi connectivity index (χ4n) is 4.41. The minimum atomic E-state index is -3.68. The van der Waals surface area contributed by atoms with Gasteiger partial charge in [-0.15, -0.1) is 11.3 Å². The first-order valence-corrected chi connectivity index (χ1v) is 14.9. The van der Waals surface area contributed by atoms with Crippen molar-refractivity contribution in [3.8, 4) is 22.8 Å². The summed E-state index contributed by atoms with van der Waals surface area (Å²) in [4.78, 5) is 16.2.